The fraction of sp³-hybridized carbons (Fsp3) is 0.286. The van der Waals surface area contributed by atoms with Crippen LogP contribution < -0.4 is 10.1 Å². The van der Waals surface area contributed by atoms with Crippen LogP contribution in [-0.4, -0.2) is 34.6 Å². The van der Waals surface area contributed by atoms with Crippen LogP contribution >= 0.6 is 11.3 Å². The zero-order chi connectivity index (χ0) is 13.6. The summed E-state index contributed by atoms with van der Waals surface area (Å²) in [5, 5.41) is 2.98. The van der Waals surface area contributed by atoms with Crippen molar-refractivity contribution in [2.75, 3.05) is 13.1 Å². The Labute approximate surface area is 120 Å². The van der Waals surface area contributed by atoms with Crippen LogP contribution in [0, 0.1) is 0 Å². The number of nitrogens with zero attached hydrogens (tertiary/aromatic N) is 2. The molecule has 1 amide bonds. The number of para-hydroxylation sites is 1. The topological polar surface area (TPSA) is 54.5 Å². The molecule has 0 unspecified atom stereocenters. The molecule has 2 aliphatic rings. The van der Waals surface area contributed by atoms with Gasteiger partial charge in [0.25, 0.3) is 5.91 Å². The van der Waals surface area contributed by atoms with Crippen LogP contribution in [0.1, 0.15) is 15.2 Å². The molecule has 20 heavy (non-hydrogen) atoms. The van der Waals surface area contributed by atoms with E-state index in [9.17, 15) is 4.79 Å². The Bertz CT molecular complexity index is 650. The lowest BCUT2D eigenvalue weighted by molar-refractivity contribution is -0.102. The molecule has 1 aromatic carbocycles. The molecule has 1 fully saturated rings. The number of aromatic nitrogens is 1. The number of amides is 1. The van der Waals surface area contributed by atoms with Crippen molar-refractivity contribution in [3.05, 3.63) is 46.4 Å². The largest absolute Gasteiger partial charge is 0.464 e. The molecule has 3 heterocycles. The van der Waals surface area contributed by atoms with E-state index in [2.05, 4.69) is 15.2 Å². The monoisotopic (exact) mass is 287 g/mol. The number of thiazole rings is 1. The van der Waals surface area contributed by atoms with Crippen molar-refractivity contribution < 1.29 is 9.53 Å². The first-order valence-corrected chi connectivity index (χ1v) is 7.32. The summed E-state index contributed by atoms with van der Waals surface area (Å²) in [6.45, 7) is 2.25. The predicted octanol–water partition coefficient (Wildman–Crippen LogP) is 1.48. The molecule has 4 rings (SSSR count). The third kappa shape index (κ3) is 1.88. The number of fused-ring (bicyclic) bond motifs is 1. The number of hydrogen-bond acceptors (Lipinski definition) is 5. The van der Waals surface area contributed by atoms with Crippen LogP contribution in [0.15, 0.2) is 36.0 Å². The van der Waals surface area contributed by atoms with Gasteiger partial charge in [-0.25, -0.2) is 0 Å². The van der Waals surface area contributed by atoms with Crippen molar-refractivity contribution in [1.82, 2.24) is 15.2 Å². The normalized spacial score (nSPS) is 19.9. The molecule has 0 saturated carbocycles. The van der Waals surface area contributed by atoms with Crippen LogP contribution in [-0.2, 0) is 6.54 Å². The van der Waals surface area contributed by atoms with Gasteiger partial charge in [0.05, 0.1) is 24.2 Å². The smallest absolute Gasteiger partial charge is 0.258 e. The molecule has 0 aliphatic carbocycles. The lowest BCUT2D eigenvalue weighted by atomic mass is 10.00. The van der Waals surface area contributed by atoms with Crippen LogP contribution in [0.4, 0.5) is 0 Å². The van der Waals surface area contributed by atoms with Crippen molar-refractivity contribution in [3.63, 3.8) is 0 Å². The summed E-state index contributed by atoms with van der Waals surface area (Å²) in [5.41, 5.74) is 1.88. The van der Waals surface area contributed by atoms with Gasteiger partial charge in [0.1, 0.15) is 5.75 Å². The Kier molecular flexibility index (Phi) is 2.55. The zero-order valence-corrected chi connectivity index (χ0v) is 11.5. The minimum Gasteiger partial charge on any atom is -0.464 e. The van der Waals surface area contributed by atoms with Crippen molar-refractivity contribution in [1.29, 1.82) is 0 Å². The lowest BCUT2D eigenvalue weighted by Crippen LogP contribution is -2.74. The standard InChI is InChI=1S/C14H13N3O2S/c18-13-11-3-1-2-4-12(11)19-14(16-13)7-17(8-14)6-10-5-15-9-20-10/h1-5,9H,6-8H2,(H,16,18). The highest BCUT2D eigenvalue weighted by Crippen LogP contribution is 2.33. The van der Waals surface area contributed by atoms with Crippen molar-refractivity contribution in [2.45, 2.75) is 12.3 Å². The maximum absolute atomic E-state index is 12.1. The maximum atomic E-state index is 12.1. The molecule has 102 valence electrons. The molecule has 2 aromatic rings. The highest BCUT2D eigenvalue weighted by molar-refractivity contribution is 7.09. The third-order valence-corrected chi connectivity index (χ3v) is 4.36. The maximum Gasteiger partial charge on any atom is 0.258 e. The average molecular weight is 287 g/mol. The Balaban J connectivity index is 1.48. The summed E-state index contributed by atoms with van der Waals surface area (Å²) >= 11 is 1.64. The van der Waals surface area contributed by atoms with E-state index in [1.54, 1.807) is 17.4 Å². The van der Waals surface area contributed by atoms with Crippen LogP contribution in [0.3, 0.4) is 0 Å². The summed E-state index contributed by atoms with van der Waals surface area (Å²) < 4.78 is 5.99. The van der Waals surface area contributed by atoms with Gasteiger partial charge >= 0.3 is 0 Å². The molecule has 1 saturated heterocycles. The molecule has 1 spiro atoms. The van der Waals surface area contributed by atoms with E-state index in [4.69, 9.17) is 4.74 Å². The minimum atomic E-state index is -0.559. The SMILES string of the molecule is O=C1NC2(CN(Cc3cncs3)C2)Oc2ccccc21. The van der Waals surface area contributed by atoms with E-state index >= 15 is 0 Å². The van der Waals surface area contributed by atoms with Gasteiger partial charge in [-0.3, -0.25) is 14.7 Å². The Morgan fingerprint density at radius 2 is 2.25 bits per heavy atom. The van der Waals surface area contributed by atoms with E-state index < -0.39 is 5.72 Å². The first kappa shape index (κ1) is 11.9. The van der Waals surface area contributed by atoms with Crippen LogP contribution in [0.2, 0.25) is 0 Å². The molecule has 1 aromatic heterocycles. The highest BCUT2D eigenvalue weighted by atomic mass is 32.1. The second-order valence-corrected chi connectivity index (χ2v) is 6.13. The summed E-state index contributed by atoms with van der Waals surface area (Å²) in [6.07, 6.45) is 1.88. The number of carbonyl (C=O) groups excluding carboxylic acids is 1. The van der Waals surface area contributed by atoms with Crippen LogP contribution in [0.25, 0.3) is 0 Å². The first-order chi connectivity index (χ1) is 9.74. The Hall–Kier alpha value is -1.92. The van der Waals surface area contributed by atoms with Crippen molar-refractivity contribution in [3.8, 4) is 5.75 Å². The summed E-state index contributed by atoms with van der Waals surface area (Å²) in [5.74, 6) is 0.623. The molecule has 6 heteroatoms. The van der Waals surface area contributed by atoms with E-state index in [0.717, 1.165) is 6.54 Å². The van der Waals surface area contributed by atoms with Crippen molar-refractivity contribution >= 4 is 17.2 Å². The van der Waals surface area contributed by atoms with Gasteiger partial charge in [0.15, 0.2) is 0 Å². The molecule has 5 nitrogen and oxygen atoms in total. The minimum absolute atomic E-state index is 0.0516. The fourth-order valence-corrected chi connectivity index (χ4v) is 3.36. The van der Waals surface area contributed by atoms with Gasteiger partial charge in [0, 0.05) is 17.6 Å². The Morgan fingerprint density at radius 1 is 1.40 bits per heavy atom. The molecule has 2 aliphatic heterocycles. The second-order valence-electron chi connectivity index (χ2n) is 5.16. The second kappa shape index (κ2) is 4.29. The number of rotatable bonds is 2. The van der Waals surface area contributed by atoms with Gasteiger partial charge in [-0.2, -0.15) is 0 Å². The molecular weight excluding hydrogens is 274 g/mol. The zero-order valence-electron chi connectivity index (χ0n) is 10.7. The first-order valence-electron chi connectivity index (χ1n) is 6.44. The number of carbonyl (C=O) groups is 1. The number of ether oxygens (including phenoxy) is 1. The van der Waals surface area contributed by atoms with E-state index in [1.165, 1.54) is 4.88 Å². The van der Waals surface area contributed by atoms with Gasteiger partial charge in [-0.15, -0.1) is 11.3 Å². The Morgan fingerprint density at radius 3 is 3.05 bits per heavy atom. The third-order valence-electron chi connectivity index (χ3n) is 3.60. The number of likely N-dealkylation sites (tertiary alicyclic amines) is 1. The van der Waals surface area contributed by atoms with Gasteiger partial charge in [0.2, 0.25) is 5.72 Å². The number of benzene rings is 1. The molecule has 0 atom stereocenters. The molecule has 0 bridgehead atoms. The molecular formula is C14H13N3O2S. The summed E-state index contributed by atoms with van der Waals surface area (Å²) in [7, 11) is 0. The van der Waals surface area contributed by atoms with E-state index in [-0.39, 0.29) is 5.91 Å². The van der Waals surface area contributed by atoms with Gasteiger partial charge in [-0.1, -0.05) is 12.1 Å². The quantitative estimate of drug-likeness (QED) is 0.909. The number of nitrogens with one attached hydrogen (secondary N) is 1. The van der Waals surface area contributed by atoms with Crippen molar-refractivity contribution in [2.24, 2.45) is 0 Å². The average Bonchev–Trinajstić information content (AvgIpc) is 2.90. The van der Waals surface area contributed by atoms with Crippen LogP contribution in [0.5, 0.6) is 5.75 Å². The number of hydrogen-bond donors (Lipinski definition) is 1. The molecule has 1 N–H and O–H groups in total. The van der Waals surface area contributed by atoms with Gasteiger partial charge in [-0.05, 0) is 12.1 Å². The van der Waals surface area contributed by atoms with E-state index in [1.807, 2.05) is 29.9 Å². The lowest BCUT2D eigenvalue weighted by Gasteiger charge is -2.51. The summed E-state index contributed by atoms with van der Waals surface area (Å²) in [6, 6.07) is 7.36. The highest BCUT2D eigenvalue weighted by Gasteiger charge is 2.49. The fourth-order valence-electron chi connectivity index (χ4n) is 2.73. The van der Waals surface area contributed by atoms with E-state index in [0.29, 0.717) is 24.4 Å². The predicted molar refractivity (Wildman–Crippen MR) is 74.7 cm³/mol. The molecule has 0 radical (unpaired) electrons. The van der Waals surface area contributed by atoms with Gasteiger partial charge < -0.3 is 10.1 Å². The summed E-state index contributed by atoms with van der Waals surface area (Å²) in [4.78, 5) is 19.6.